The number of hydrogen-bond donors (Lipinski definition) is 1. The summed E-state index contributed by atoms with van der Waals surface area (Å²) in [5.41, 5.74) is 3.78. The van der Waals surface area contributed by atoms with Gasteiger partial charge in [0.1, 0.15) is 11.4 Å². The summed E-state index contributed by atoms with van der Waals surface area (Å²) >= 11 is 0. The monoisotopic (exact) mass is 260 g/mol. The second-order valence-electron chi connectivity index (χ2n) is 4.48. The number of ether oxygens (including phenoxy) is 1. The molecule has 0 radical (unpaired) electrons. The first-order chi connectivity index (χ1) is 8.93. The summed E-state index contributed by atoms with van der Waals surface area (Å²) in [7, 11) is 3.20. The number of methoxy groups -OCH3 is 1. The number of carboxylic acids is 1. The first-order valence-electron chi connectivity index (χ1n) is 5.87. The zero-order valence-electron chi connectivity index (χ0n) is 11.4. The molecular weight excluding hydrogens is 244 g/mol. The number of hydrogen-bond acceptors (Lipinski definition) is 3. The largest absolute Gasteiger partial charge is 0.496 e. The predicted octanol–water partition coefficient (Wildman–Crippen LogP) is 2.41. The summed E-state index contributed by atoms with van der Waals surface area (Å²) in [4.78, 5) is 11.0. The highest BCUT2D eigenvalue weighted by atomic mass is 16.5. The number of benzene rings is 1. The van der Waals surface area contributed by atoms with Gasteiger partial charge in [-0.2, -0.15) is 5.10 Å². The van der Waals surface area contributed by atoms with Crippen LogP contribution in [0.5, 0.6) is 5.75 Å². The maximum Gasteiger partial charge on any atom is 0.354 e. The van der Waals surface area contributed by atoms with Crippen molar-refractivity contribution in [3.05, 3.63) is 35.0 Å². The lowest BCUT2D eigenvalue weighted by atomic mass is 10.0. The number of aromatic carboxylic acids is 1. The fraction of sp³-hybridized carbons (Fsp3) is 0.286. The molecule has 0 saturated carbocycles. The number of carbonyl (C=O) groups is 1. The van der Waals surface area contributed by atoms with Crippen LogP contribution in [-0.4, -0.2) is 28.0 Å². The van der Waals surface area contributed by atoms with Gasteiger partial charge in [0.2, 0.25) is 0 Å². The molecule has 2 aromatic rings. The average molecular weight is 260 g/mol. The Morgan fingerprint density at radius 3 is 2.42 bits per heavy atom. The third-order valence-corrected chi connectivity index (χ3v) is 3.19. The zero-order chi connectivity index (χ0) is 14.2. The van der Waals surface area contributed by atoms with E-state index in [-0.39, 0.29) is 5.69 Å². The number of aryl methyl sites for hydroxylation is 3. The van der Waals surface area contributed by atoms with E-state index in [0.29, 0.717) is 11.4 Å². The molecule has 0 unspecified atom stereocenters. The summed E-state index contributed by atoms with van der Waals surface area (Å²) in [6.45, 7) is 4.00. The van der Waals surface area contributed by atoms with Crippen LogP contribution in [0.15, 0.2) is 18.2 Å². The second-order valence-corrected chi connectivity index (χ2v) is 4.48. The average Bonchev–Trinajstić information content (AvgIpc) is 2.74. The molecule has 2 rings (SSSR count). The van der Waals surface area contributed by atoms with Crippen molar-refractivity contribution in [1.29, 1.82) is 0 Å². The van der Waals surface area contributed by atoms with Gasteiger partial charge in [-0.15, -0.1) is 0 Å². The molecule has 0 bridgehead atoms. The molecule has 0 amide bonds. The molecule has 0 aliphatic heterocycles. The molecule has 100 valence electrons. The zero-order valence-corrected chi connectivity index (χ0v) is 11.4. The molecule has 0 fully saturated rings. The van der Waals surface area contributed by atoms with Gasteiger partial charge in [0.05, 0.1) is 12.8 Å². The molecule has 19 heavy (non-hydrogen) atoms. The molecular formula is C14H16N2O3. The van der Waals surface area contributed by atoms with Gasteiger partial charge in [-0.3, -0.25) is 4.68 Å². The molecule has 5 nitrogen and oxygen atoms in total. The van der Waals surface area contributed by atoms with Crippen molar-refractivity contribution in [3.8, 4) is 17.0 Å². The lowest BCUT2D eigenvalue weighted by molar-refractivity contribution is 0.0685. The SMILES string of the molecule is COc1cc(C)c(C)cc1-c1cc(C(=O)O)n(C)n1. The van der Waals surface area contributed by atoms with Crippen LogP contribution in [0.1, 0.15) is 21.6 Å². The van der Waals surface area contributed by atoms with E-state index < -0.39 is 5.97 Å². The standard InChI is InChI=1S/C14H16N2O3/c1-8-5-10(13(19-4)6-9(8)2)11-7-12(14(17)18)16(3)15-11/h5-7H,1-4H3,(H,17,18). The predicted molar refractivity (Wildman–Crippen MR) is 71.6 cm³/mol. The van der Waals surface area contributed by atoms with E-state index in [1.54, 1.807) is 20.2 Å². The lowest BCUT2D eigenvalue weighted by Gasteiger charge is -2.09. The normalized spacial score (nSPS) is 10.5. The molecule has 1 aromatic heterocycles. The Bertz CT molecular complexity index is 644. The van der Waals surface area contributed by atoms with E-state index in [2.05, 4.69) is 5.10 Å². The van der Waals surface area contributed by atoms with Crippen molar-refractivity contribution in [3.63, 3.8) is 0 Å². The molecule has 1 heterocycles. The van der Waals surface area contributed by atoms with Crippen molar-refractivity contribution in [2.45, 2.75) is 13.8 Å². The highest BCUT2D eigenvalue weighted by molar-refractivity contribution is 5.87. The van der Waals surface area contributed by atoms with Crippen LogP contribution in [0, 0.1) is 13.8 Å². The molecule has 1 aromatic carbocycles. The minimum Gasteiger partial charge on any atom is -0.496 e. The minimum atomic E-state index is -0.996. The summed E-state index contributed by atoms with van der Waals surface area (Å²) in [6.07, 6.45) is 0. The van der Waals surface area contributed by atoms with E-state index in [1.807, 2.05) is 26.0 Å². The first kappa shape index (κ1) is 13.1. The smallest absolute Gasteiger partial charge is 0.354 e. The summed E-state index contributed by atoms with van der Waals surface area (Å²) in [6, 6.07) is 5.44. The van der Waals surface area contributed by atoms with Crippen molar-refractivity contribution in [2.75, 3.05) is 7.11 Å². The molecule has 5 heteroatoms. The van der Waals surface area contributed by atoms with Crippen LogP contribution < -0.4 is 4.74 Å². The highest BCUT2D eigenvalue weighted by Crippen LogP contribution is 2.32. The van der Waals surface area contributed by atoms with Gasteiger partial charge < -0.3 is 9.84 Å². The Hall–Kier alpha value is -2.30. The van der Waals surface area contributed by atoms with E-state index in [9.17, 15) is 4.79 Å². The summed E-state index contributed by atoms with van der Waals surface area (Å²) in [5, 5.41) is 13.3. The number of rotatable bonds is 3. The van der Waals surface area contributed by atoms with Gasteiger partial charge >= 0.3 is 5.97 Å². The first-order valence-corrected chi connectivity index (χ1v) is 5.87. The molecule has 0 saturated heterocycles. The minimum absolute atomic E-state index is 0.148. The van der Waals surface area contributed by atoms with Gasteiger partial charge in [0, 0.05) is 12.6 Å². The van der Waals surface area contributed by atoms with Crippen LogP contribution in [0.2, 0.25) is 0 Å². The van der Waals surface area contributed by atoms with Crippen LogP contribution in [0.25, 0.3) is 11.3 Å². The van der Waals surface area contributed by atoms with Crippen molar-refractivity contribution in [1.82, 2.24) is 9.78 Å². The Kier molecular flexibility index (Phi) is 3.29. The maximum absolute atomic E-state index is 11.0. The van der Waals surface area contributed by atoms with Gasteiger partial charge in [-0.1, -0.05) is 0 Å². The maximum atomic E-state index is 11.0. The Labute approximate surface area is 111 Å². The van der Waals surface area contributed by atoms with Gasteiger partial charge in [0.25, 0.3) is 0 Å². The molecule has 0 atom stereocenters. The lowest BCUT2D eigenvalue weighted by Crippen LogP contribution is -2.04. The van der Waals surface area contributed by atoms with Crippen LogP contribution in [0.4, 0.5) is 0 Å². The topological polar surface area (TPSA) is 64.3 Å². The fourth-order valence-electron chi connectivity index (χ4n) is 1.96. The van der Waals surface area contributed by atoms with Gasteiger partial charge in [0.15, 0.2) is 0 Å². The number of aromatic nitrogens is 2. The Morgan fingerprint density at radius 2 is 1.89 bits per heavy atom. The van der Waals surface area contributed by atoms with Crippen molar-refractivity contribution >= 4 is 5.97 Å². The number of nitrogens with zero attached hydrogens (tertiary/aromatic N) is 2. The van der Waals surface area contributed by atoms with E-state index in [0.717, 1.165) is 16.7 Å². The van der Waals surface area contributed by atoms with E-state index >= 15 is 0 Å². The van der Waals surface area contributed by atoms with Crippen LogP contribution in [-0.2, 0) is 7.05 Å². The Balaban J connectivity index is 2.61. The quantitative estimate of drug-likeness (QED) is 0.920. The molecule has 0 aliphatic rings. The number of carboxylic acid groups (broad SMARTS) is 1. The van der Waals surface area contributed by atoms with E-state index in [4.69, 9.17) is 9.84 Å². The van der Waals surface area contributed by atoms with Crippen LogP contribution >= 0.6 is 0 Å². The third kappa shape index (κ3) is 2.31. The third-order valence-electron chi connectivity index (χ3n) is 3.19. The Morgan fingerprint density at radius 1 is 1.26 bits per heavy atom. The van der Waals surface area contributed by atoms with Gasteiger partial charge in [-0.05, 0) is 43.2 Å². The van der Waals surface area contributed by atoms with E-state index in [1.165, 1.54) is 4.68 Å². The molecule has 1 N–H and O–H groups in total. The summed E-state index contributed by atoms with van der Waals surface area (Å²) in [5.74, 6) is -0.304. The highest BCUT2D eigenvalue weighted by Gasteiger charge is 2.16. The fourth-order valence-corrected chi connectivity index (χ4v) is 1.96. The summed E-state index contributed by atoms with van der Waals surface area (Å²) < 4.78 is 6.70. The van der Waals surface area contributed by atoms with Crippen molar-refractivity contribution < 1.29 is 14.6 Å². The van der Waals surface area contributed by atoms with Gasteiger partial charge in [-0.25, -0.2) is 4.79 Å². The van der Waals surface area contributed by atoms with Crippen LogP contribution in [0.3, 0.4) is 0 Å². The molecule has 0 spiro atoms. The molecule has 0 aliphatic carbocycles. The van der Waals surface area contributed by atoms with Crippen molar-refractivity contribution in [2.24, 2.45) is 7.05 Å². The second kappa shape index (κ2) is 4.76.